The highest BCUT2D eigenvalue weighted by molar-refractivity contribution is 6.96. The first-order valence-corrected chi connectivity index (χ1v) is 18.6. The van der Waals surface area contributed by atoms with Crippen molar-refractivity contribution in [2.75, 3.05) is 0 Å². The van der Waals surface area contributed by atoms with Crippen molar-refractivity contribution in [3.05, 3.63) is 129 Å². The van der Waals surface area contributed by atoms with E-state index in [2.05, 4.69) is 152 Å². The molecule has 0 unspecified atom stereocenters. The quantitative estimate of drug-likeness (QED) is 0.182. The summed E-state index contributed by atoms with van der Waals surface area (Å²) in [5, 5.41) is 3.45. The van der Waals surface area contributed by atoms with E-state index in [1.807, 2.05) is 0 Å². The Hall–Kier alpha value is -3.42. The molecule has 6 rings (SSSR count). The second kappa shape index (κ2) is 11.6. The SMILES string of the molecule is CC(C)c1ccc(-c2cccc3c2C=C([Si](C2=Cc4c(cccc4-c4ccc(C(C)C)cc4)C2)(C(C)C)C(C)C)C3)cc1. The summed E-state index contributed by atoms with van der Waals surface area (Å²) in [7, 11) is -2.05. The smallest absolute Gasteiger partial charge is 0.0704 e. The second-order valence-corrected chi connectivity index (χ2v) is 19.5. The predicted molar refractivity (Wildman–Crippen MR) is 191 cm³/mol. The summed E-state index contributed by atoms with van der Waals surface area (Å²) in [4.78, 5) is 0. The Balaban J connectivity index is 1.44. The first-order valence-electron chi connectivity index (χ1n) is 16.5. The van der Waals surface area contributed by atoms with Gasteiger partial charge in [0.15, 0.2) is 0 Å². The third kappa shape index (κ3) is 5.10. The molecule has 4 aromatic carbocycles. The van der Waals surface area contributed by atoms with E-state index in [-0.39, 0.29) is 0 Å². The first-order chi connectivity index (χ1) is 20.6. The Morgan fingerprint density at radius 2 is 0.837 bits per heavy atom. The zero-order valence-corrected chi connectivity index (χ0v) is 28.5. The number of hydrogen-bond donors (Lipinski definition) is 0. The van der Waals surface area contributed by atoms with Crippen LogP contribution in [0.4, 0.5) is 0 Å². The Labute approximate surface area is 261 Å². The normalized spacial score (nSPS) is 14.5. The molecule has 4 aromatic rings. The van der Waals surface area contributed by atoms with Gasteiger partial charge in [-0.2, -0.15) is 0 Å². The molecule has 0 bridgehead atoms. The zero-order valence-electron chi connectivity index (χ0n) is 27.5. The summed E-state index contributed by atoms with van der Waals surface area (Å²) in [5.74, 6) is 1.10. The van der Waals surface area contributed by atoms with Crippen molar-refractivity contribution in [3.63, 3.8) is 0 Å². The van der Waals surface area contributed by atoms with Gasteiger partial charge in [-0.25, -0.2) is 0 Å². The van der Waals surface area contributed by atoms with Gasteiger partial charge < -0.3 is 0 Å². The van der Waals surface area contributed by atoms with Crippen LogP contribution in [0, 0.1) is 0 Å². The lowest BCUT2D eigenvalue weighted by Gasteiger charge is -2.42. The minimum absolute atomic E-state index is 0.550. The van der Waals surface area contributed by atoms with Crippen molar-refractivity contribution in [1.82, 2.24) is 0 Å². The van der Waals surface area contributed by atoms with Crippen molar-refractivity contribution in [2.45, 2.75) is 91.1 Å². The molecule has 0 atom stereocenters. The average Bonchev–Trinajstić information content (AvgIpc) is 3.62. The highest BCUT2D eigenvalue weighted by atomic mass is 28.3. The largest absolute Gasteiger partial charge is 0.114 e. The van der Waals surface area contributed by atoms with Gasteiger partial charge in [-0.15, -0.1) is 0 Å². The summed E-state index contributed by atoms with van der Waals surface area (Å²) >= 11 is 0. The monoisotopic (exact) mass is 580 g/mol. The molecule has 0 aromatic heterocycles. The first kappa shape index (κ1) is 29.6. The van der Waals surface area contributed by atoms with Gasteiger partial charge in [0.25, 0.3) is 0 Å². The molecule has 2 aliphatic carbocycles. The summed E-state index contributed by atoms with van der Waals surface area (Å²) in [6.07, 6.45) is 7.46. The molecule has 220 valence electrons. The van der Waals surface area contributed by atoms with E-state index < -0.39 is 8.07 Å². The number of hydrogen-bond acceptors (Lipinski definition) is 0. The molecule has 0 N–H and O–H groups in total. The fraction of sp³-hybridized carbons (Fsp3) is 0.333. The maximum atomic E-state index is 2.64. The van der Waals surface area contributed by atoms with E-state index in [9.17, 15) is 0 Å². The number of benzene rings is 4. The lowest BCUT2D eigenvalue weighted by molar-refractivity contribution is 0.867. The van der Waals surface area contributed by atoms with Crippen LogP contribution in [0.1, 0.15) is 101 Å². The molecule has 0 saturated carbocycles. The highest BCUT2D eigenvalue weighted by Crippen LogP contribution is 2.52. The third-order valence-corrected chi connectivity index (χ3v) is 16.9. The van der Waals surface area contributed by atoms with Gasteiger partial charge in [0.2, 0.25) is 0 Å². The van der Waals surface area contributed by atoms with Gasteiger partial charge in [0, 0.05) is 0 Å². The average molecular weight is 581 g/mol. The van der Waals surface area contributed by atoms with Gasteiger partial charge in [-0.05, 0) is 91.4 Å². The van der Waals surface area contributed by atoms with Crippen LogP contribution in [0.25, 0.3) is 34.4 Å². The maximum Gasteiger partial charge on any atom is 0.114 e. The topological polar surface area (TPSA) is 0 Å². The van der Waals surface area contributed by atoms with Gasteiger partial charge >= 0.3 is 0 Å². The van der Waals surface area contributed by atoms with Gasteiger partial charge in [-0.3, -0.25) is 0 Å². The van der Waals surface area contributed by atoms with Crippen LogP contribution in [-0.4, -0.2) is 8.07 Å². The lowest BCUT2D eigenvalue weighted by Crippen LogP contribution is -2.46. The molecule has 0 amide bonds. The Morgan fingerprint density at radius 3 is 1.16 bits per heavy atom. The second-order valence-electron chi connectivity index (χ2n) is 14.2. The van der Waals surface area contributed by atoms with Gasteiger partial charge in [0.1, 0.15) is 8.07 Å². The predicted octanol–water partition coefficient (Wildman–Crippen LogP) is 12.2. The Kier molecular flexibility index (Phi) is 7.98. The van der Waals surface area contributed by atoms with Gasteiger partial charge in [-0.1, -0.05) is 163 Å². The molecule has 0 heterocycles. The van der Waals surface area contributed by atoms with Gasteiger partial charge in [0.05, 0.1) is 0 Å². The van der Waals surface area contributed by atoms with Crippen molar-refractivity contribution in [2.24, 2.45) is 0 Å². The minimum Gasteiger partial charge on any atom is -0.0704 e. The summed E-state index contributed by atoms with van der Waals surface area (Å²) in [6, 6.07) is 32.5. The van der Waals surface area contributed by atoms with Crippen molar-refractivity contribution in [1.29, 1.82) is 0 Å². The van der Waals surface area contributed by atoms with Crippen LogP contribution >= 0.6 is 0 Å². The number of fused-ring (bicyclic) bond motifs is 2. The Morgan fingerprint density at radius 1 is 0.465 bits per heavy atom. The fourth-order valence-electron chi connectivity index (χ4n) is 8.22. The van der Waals surface area contributed by atoms with Crippen molar-refractivity contribution >= 4 is 20.2 Å². The van der Waals surface area contributed by atoms with E-state index in [0.29, 0.717) is 22.9 Å². The summed E-state index contributed by atoms with van der Waals surface area (Å²) < 4.78 is 0. The molecule has 2 aliphatic rings. The molecule has 0 spiro atoms. The Bertz CT molecular complexity index is 1560. The molecule has 1 heteroatoms. The molecule has 0 fully saturated rings. The van der Waals surface area contributed by atoms with E-state index in [1.54, 1.807) is 10.4 Å². The van der Waals surface area contributed by atoms with Crippen LogP contribution < -0.4 is 0 Å². The van der Waals surface area contributed by atoms with E-state index in [0.717, 1.165) is 12.8 Å². The highest BCUT2D eigenvalue weighted by Gasteiger charge is 2.48. The van der Waals surface area contributed by atoms with Crippen LogP contribution in [0.2, 0.25) is 11.1 Å². The summed E-state index contributed by atoms with van der Waals surface area (Å²) in [6.45, 7) is 19.1. The van der Waals surface area contributed by atoms with E-state index in [1.165, 1.54) is 55.6 Å². The molecular weight excluding hydrogens is 533 g/mol. The van der Waals surface area contributed by atoms with Crippen LogP contribution in [-0.2, 0) is 12.8 Å². The van der Waals surface area contributed by atoms with Crippen LogP contribution in [0.3, 0.4) is 0 Å². The van der Waals surface area contributed by atoms with Crippen LogP contribution in [0.15, 0.2) is 95.3 Å². The summed E-state index contributed by atoms with van der Waals surface area (Å²) in [5.41, 5.74) is 15.4. The molecule has 43 heavy (non-hydrogen) atoms. The lowest BCUT2D eigenvalue weighted by atomic mass is 9.94. The standard InChI is InChI=1S/C42H48Si/c1-27(2)31-15-19-33(20-16-31)39-13-9-11-35-23-37(25-41(35)39)43(29(5)6,30(7)8)38-24-36-12-10-14-40(42(36)26-38)34-21-17-32(18-22-34)28(3)4/h9-22,25-30H,23-24H2,1-8H3. The number of allylic oxidation sites excluding steroid dienone is 2. The molecule has 0 radical (unpaired) electrons. The third-order valence-electron chi connectivity index (χ3n) is 10.5. The molecule has 0 aliphatic heterocycles. The fourth-order valence-corrected chi connectivity index (χ4v) is 14.7. The molecule has 0 saturated heterocycles. The molecule has 0 nitrogen and oxygen atoms in total. The van der Waals surface area contributed by atoms with E-state index in [4.69, 9.17) is 0 Å². The van der Waals surface area contributed by atoms with Crippen molar-refractivity contribution in [3.8, 4) is 22.3 Å². The zero-order chi connectivity index (χ0) is 30.5. The maximum absolute atomic E-state index is 2.64. The minimum atomic E-state index is -2.05. The van der Waals surface area contributed by atoms with E-state index >= 15 is 0 Å². The molecular formula is C42H48Si. The van der Waals surface area contributed by atoms with Crippen LogP contribution in [0.5, 0.6) is 0 Å². The van der Waals surface area contributed by atoms with Crippen molar-refractivity contribution < 1.29 is 0 Å². The number of rotatable bonds is 8.